The number of ether oxygens (including phenoxy) is 1. The lowest BCUT2D eigenvalue weighted by Gasteiger charge is -2.36. The minimum atomic E-state index is -0.566. The Morgan fingerprint density at radius 1 is 1.26 bits per heavy atom. The molecule has 0 spiro atoms. The molecule has 1 aromatic heterocycles. The van der Waals surface area contributed by atoms with E-state index in [1.54, 1.807) is 4.90 Å². The SMILES string of the molecule is COC(=O)C1=C(CSc2n[nH]c(C(C)(C)C)n2)N(C2CC2)C(=O)NC1c1ccccc1. The Labute approximate surface area is 185 Å². The zero-order valence-corrected chi connectivity index (χ0v) is 19.0. The summed E-state index contributed by atoms with van der Waals surface area (Å²) in [6, 6.07) is 8.82. The van der Waals surface area contributed by atoms with Crippen molar-refractivity contribution in [2.75, 3.05) is 12.9 Å². The molecule has 0 radical (unpaired) electrons. The number of H-pyrrole nitrogens is 1. The first kappa shape index (κ1) is 21.4. The van der Waals surface area contributed by atoms with E-state index in [1.807, 2.05) is 30.3 Å². The second-order valence-electron chi connectivity index (χ2n) is 8.75. The van der Waals surface area contributed by atoms with E-state index in [0.29, 0.717) is 22.2 Å². The molecular weight excluding hydrogens is 414 g/mol. The van der Waals surface area contributed by atoms with Crippen LogP contribution in [0.5, 0.6) is 0 Å². The van der Waals surface area contributed by atoms with Gasteiger partial charge in [0, 0.05) is 22.9 Å². The molecule has 1 fully saturated rings. The highest BCUT2D eigenvalue weighted by Crippen LogP contribution is 2.39. The molecule has 9 heteroatoms. The summed E-state index contributed by atoms with van der Waals surface area (Å²) in [5, 5.41) is 10.9. The van der Waals surface area contributed by atoms with Crippen LogP contribution in [0.4, 0.5) is 4.79 Å². The van der Waals surface area contributed by atoms with Crippen LogP contribution in [0.25, 0.3) is 0 Å². The Hall–Kier alpha value is -2.81. The highest BCUT2D eigenvalue weighted by atomic mass is 32.2. The largest absolute Gasteiger partial charge is 0.466 e. The van der Waals surface area contributed by atoms with E-state index >= 15 is 0 Å². The maximum atomic E-state index is 13.1. The van der Waals surface area contributed by atoms with Crippen molar-refractivity contribution < 1.29 is 14.3 Å². The molecule has 0 bridgehead atoms. The Bertz CT molecular complexity index is 1010. The van der Waals surface area contributed by atoms with Crippen molar-refractivity contribution in [1.82, 2.24) is 25.4 Å². The molecule has 1 atom stereocenters. The summed E-state index contributed by atoms with van der Waals surface area (Å²) in [5.41, 5.74) is 1.81. The molecule has 2 N–H and O–H groups in total. The Morgan fingerprint density at radius 3 is 2.55 bits per heavy atom. The third-order valence-corrected chi connectivity index (χ3v) is 6.20. The Balaban J connectivity index is 1.72. The summed E-state index contributed by atoms with van der Waals surface area (Å²) >= 11 is 1.40. The third-order valence-electron chi connectivity index (χ3n) is 5.34. The van der Waals surface area contributed by atoms with Crippen molar-refractivity contribution in [2.45, 2.75) is 56.3 Å². The van der Waals surface area contributed by atoms with Crippen LogP contribution in [0, 0.1) is 0 Å². The monoisotopic (exact) mass is 441 g/mol. The normalized spacial score (nSPS) is 19.4. The fraction of sp³-hybridized carbons (Fsp3) is 0.455. The smallest absolute Gasteiger partial charge is 0.338 e. The standard InChI is InChI=1S/C22H27N5O3S/c1-22(2,3)19-24-20(26-25-19)31-12-15-16(18(28)30-4)17(13-8-6-5-7-9-13)23-21(29)27(15)14-10-11-14/h5-9,14,17H,10-12H2,1-4H3,(H,23,29)(H,24,25,26). The van der Waals surface area contributed by atoms with Gasteiger partial charge in [-0.05, 0) is 18.4 Å². The van der Waals surface area contributed by atoms with E-state index < -0.39 is 12.0 Å². The average Bonchev–Trinajstić information content (AvgIpc) is 3.46. The van der Waals surface area contributed by atoms with Crippen molar-refractivity contribution in [3.63, 3.8) is 0 Å². The van der Waals surface area contributed by atoms with Gasteiger partial charge in [0.2, 0.25) is 5.16 Å². The first-order valence-corrected chi connectivity index (χ1v) is 11.3. The van der Waals surface area contributed by atoms with Crippen molar-refractivity contribution in [1.29, 1.82) is 0 Å². The highest BCUT2D eigenvalue weighted by Gasteiger charge is 2.44. The number of methoxy groups -OCH3 is 1. The summed E-state index contributed by atoms with van der Waals surface area (Å²) in [6.45, 7) is 6.18. The van der Waals surface area contributed by atoms with Gasteiger partial charge in [-0.25, -0.2) is 14.6 Å². The number of aromatic amines is 1. The van der Waals surface area contributed by atoms with E-state index in [4.69, 9.17) is 4.74 Å². The van der Waals surface area contributed by atoms with E-state index in [2.05, 4.69) is 41.3 Å². The quantitative estimate of drug-likeness (QED) is 0.525. The number of carbonyl (C=O) groups is 2. The van der Waals surface area contributed by atoms with Crippen LogP contribution in [-0.2, 0) is 14.9 Å². The van der Waals surface area contributed by atoms with Crippen LogP contribution in [-0.4, -0.2) is 51.0 Å². The number of rotatable bonds is 6. The number of thioether (sulfide) groups is 1. The molecule has 1 unspecified atom stereocenters. The van der Waals surface area contributed by atoms with Gasteiger partial charge in [0.15, 0.2) is 0 Å². The third kappa shape index (κ3) is 4.46. The summed E-state index contributed by atoms with van der Waals surface area (Å²) in [4.78, 5) is 32.2. The second kappa shape index (κ2) is 8.37. The summed E-state index contributed by atoms with van der Waals surface area (Å²) in [7, 11) is 1.37. The van der Waals surface area contributed by atoms with E-state index in [0.717, 1.165) is 24.2 Å². The number of nitrogens with one attached hydrogen (secondary N) is 2. The van der Waals surface area contributed by atoms with Gasteiger partial charge in [0.25, 0.3) is 0 Å². The number of aromatic nitrogens is 3. The molecule has 4 rings (SSSR count). The van der Waals surface area contributed by atoms with Crippen molar-refractivity contribution in [3.05, 3.63) is 53.0 Å². The maximum absolute atomic E-state index is 13.1. The fourth-order valence-corrected chi connectivity index (χ4v) is 4.40. The number of hydrogen-bond donors (Lipinski definition) is 2. The van der Waals surface area contributed by atoms with Crippen LogP contribution in [0.1, 0.15) is 51.0 Å². The molecule has 2 aliphatic rings. The van der Waals surface area contributed by atoms with Crippen LogP contribution >= 0.6 is 11.8 Å². The molecule has 1 aliphatic heterocycles. The molecule has 164 valence electrons. The lowest BCUT2D eigenvalue weighted by molar-refractivity contribution is -0.136. The maximum Gasteiger partial charge on any atom is 0.338 e. The number of esters is 1. The lowest BCUT2D eigenvalue weighted by atomic mass is 9.95. The van der Waals surface area contributed by atoms with Gasteiger partial charge in [-0.1, -0.05) is 62.9 Å². The minimum Gasteiger partial charge on any atom is -0.466 e. The lowest BCUT2D eigenvalue weighted by Crippen LogP contribution is -2.50. The van der Waals surface area contributed by atoms with Gasteiger partial charge < -0.3 is 10.1 Å². The van der Waals surface area contributed by atoms with Crippen LogP contribution < -0.4 is 5.32 Å². The average molecular weight is 442 g/mol. The van der Waals surface area contributed by atoms with Gasteiger partial charge in [-0.2, -0.15) is 0 Å². The topological polar surface area (TPSA) is 100 Å². The number of urea groups is 1. The molecule has 0 saturated heterocycles. The Morgan fingerprint density at radius 2 is 1.97 bits per heavy atom. The number of carbonyl (C=O) groups excluding carboxylic acids is 2. The molecule has 8 nitrogen and oxygen atoms in total. The number of benzene rings is 1. The van der Waals surface area contributed by atoms with Crippen LogP contribution in [0.15, 0.2) is 46.8 Å². The van der Waals surface area contributed by atoms with E-state index in [9.17, 15) is 9.59 Å². The molecule has 2 amide bonds. The van der Waals surface area contributed by atoms with Crippen LogP contribution in [0.2, 0.25) is 0 Å². The van der Waals surface area contributed by atoms with Gasteiger partial charge in [-0.15, -0.1) is 5.10 Å². The predicted octanol–water partition coefficient (Wildman–Crippen LogP) is 3.55. The summed E-state index contributed by atoms with van der Waals surface area (Å²) < 4.78 is 5.13. The molecule has 2 aromatic rings. The zero-order chi connectivity index (χ0) is 22.2. The first-order chi connectivity index (χ1) is 14.8. The van der Waals surface area contributed by atoms with Crippen molar-refractivity contribution in [2.24, 2.45) is 0 Å². The fourth-order valence-electron chi connectivity index (χ4n) is 3.57. The van der Waals surface area contributed by atoms with Crippen LogP contribution in [0.3, 0.4) is 0 Å². The number of nitrogens with zero attached hydrogens (tertiary/aromatic N) is 3. The van der Waals surface area contributed by atoms with E-state index in [-0.39, 0.29) is 17.5 Å². The predicted molar refractivity (Wildman–Crippen MR) is 117 cm³/mol. The van der Waals surface area contributed by atoms with Gasteiger partial charge in [-0.3, -0.25) is 10.00 Å². The highest BCUT2D eigenvalue weighted by molar-refractivity contribution is 7.99. The van der Waals surface area contributed by atoms with Crippen molar-refractivity contribution in [3.8, 4) is 0 Å². The molecule has 1 saturated carbocycles. The molecule has 2 heterocycles. The number of hydrogen-bond acceptors (Lipinski definition) is 6. The molecular formula is C22H27N5O3S. The van der Waals surface area contributed by atoms with E-state index in [1.165, 1.54) is 18.9 Å². The first-order valence-electron chi connectivity index (χ1n) is 10.3. The second-order valence-corrected chi connectivity index (χ2v) is 9.69. The van der Waals surface area contributed by atoms with Crippen molar-refractivity contribution >= 4 is 23.8 Å². The molecule has 1 aliphatic carbocycles. The van der Waals surface area contributed by atoms with Gasteiger partial charge in [0.05, 0.1) is 18.7 Å². The Kier molecular flexibility index (Phi) is 5.79. The summed E-state index contributed by atoms with van der Waals surface area (Å²) in [5.74, 6) is 0.735. The molecule has 31 heavy (non-hydrogen) atoms. The number of amides is 2. The molecule has 1 aromatic carbocycles. The zero-order valence-electron chi connectivity index (χ0n) is 18.1. The minimum absolute atomic E-state index is 0.101. The van der Waals surface area contributed by atoms with Gasteiger partial charge in [0.1, 0.15) is 5.82 Å². The van der Waals surface area contributed by atoms with Gasteiger partial charge >= 0.3 is 12.0 Å². The summed E-state index contributed by atoms with van der Waals surface area (Å²) in [6.07, 6.45) is 1.84.